The molecule has 2 rings (SSSR count). The standard InChI is InChI=1S/C13H10BrNO4/c1-7-6-8(13(17)18)2-3-9(7)15-12(16)10-4-5-11(14)19-10/h2-6H,1H3,(H,15,16)(H,17,18). The fraction of sp³-hybridized carbons (Fsp3) is 0.0769. The van der Waals surface area contributed by atoms with Gasteiger partial charge >= 0.3 is 5.97 Å². The number of carbonyl (C=O) groups excluding carboxylic acids is 1. The molecular formula is C13H10BrNO4. The summed E-state index contributed by atoms with van der Waals surface area (Å²) in [5, 5.41) is 11.5. The van der Waals surface area contributed by atoms with Crippen LogP contribution in [0.15, 0.2) is 39.4 Å². The number of furan rings is 1. The maximum absolute atomic E-state index is 11.9. The zero-order valence-corrected chi connectivity index (χ0v) is 11.5. The lowest BCUT2D eigenvalue weighted by Crippen LogP contribution is -2.12. The summed E-state index contributed by atoms with van der Waals surface area (Å²) in [5.41, 5.74) is 1.39. The Morgan fingerprint density at radius 1 is 1.26 bits per heavy atom. The summed E-state index contributed by atoms with van der Waals surface area (Å²) in [6.45, 7) is 1.72. The molecule has 5 nitrogen and oxygen atoms in total. The minimum absolute atomic E-state index is 0.175. The second-order valence-electron chi connectivity index (χ2n) is 3.89. The topological polar surface area (TPSA) is 79.5 Å². The van der Waals surface area contributed by atoms with Crippen molar-refractivity contribution < 1.29 is 19.1 Å². The van der Waals surface area contributed by atoms with E-state index in [1.807, 2.05) is 0 Å². The second kappa shape index (κ2) is 5.27. The van der Waals surface area contributed by atoms with Crippen LogP contribution < -0.4 is 5.32 Å². The van der Waals surface area contributed by atoms with E-state index >= 15 is 0 Å². The lowest BCUT2D eigenvalue weighted by Gasteiger charge is -2.07. The van der Waals surface area contributed by atoms with Crippen LogP contribution in [0.25, 0.3) is 0 Å². The van der Waals surface area contributed by atoms with E-state index in [0.29, 0.717) is 15.9 Å². The number of rotatable bonds is 3. The molecule has 0 fully saturated rings. The SMILES string of the molecule is Cc1cc(C(=O)O)ccc1NC(=O)c1ccc(Br)o1. The van der Waals surface area contributed by atoms with Gasteiger partial charge in [0, 0.05) is 5.69 Å². The lowest BCUT2D eigenvalue weighted by molar-refractivity contribution is 0.0696. The van der Waals surface area contributed by atoms with Crippen LogP contribution in [0, 0.1) is 6.92 Å². The van der Waals surface area contributed by atoms with E-state index in [-0.39, 0.29) is 11.3 Å². The predicted octanol–water partition coefficient (Wildman–Crippen LogP) is 3.30. The third kappa shape index (κ3) is 3.03. The van der Waals surface area contributed by atoms with Crippen LogP contribution in [0.2, 0.25) is 0 Å². The summed E-state index contributed by atoms with van der Waals surface area (Å²) in [4.78, 5) is 22.7. The fourth-order valence-corrected chi connectivity index (χ4v) is 1.86. The first-order chi connectivity index (χ1) is 8.97. The van der Waals surface area contributed by atoms with Crippen LogP contribution in [0.4, 0.5) is 5.69 Å². The number of hydrogen-bond acceptors (Lipinski definition) is 3. The molecule has 98 valence electrons. The molecule has 0 saturated heterocycles. The van der Waals surface area contributed by atoms with Gasteiger partial charge < -0.3 is 14.8 Å². The molecule has 1 aromatic carbocycles. The number of halogens is 1. The molecule has 1 amide bonds. The smallest absolute Gasteiger partial charge is 0.335 e. The number of nitrogens with one attached hydrogen (secondary N) is 1. The minimum Gasteiger partial charge on any atom is -0.478 e. The molecule has 1 aromatic heterocycles. The van der Waals surface area contributed by atoms with Gasteiger partial charge in [0.25, 0.3) is 5.91 Å². The van der Waals surface area contributed by atoms with Gasteiger partial charge in [0.1, 0.15) is 0 Å². The highest BCUT2D eigenvalue weighted by Crippen LogP contribution is 2.19. The number of aromatic carboxylic acids is 1. The van der Waals surface area contributed by atoms with Crippen molar-refractivity contribution >= 4 is 33.5 Å². The van der Waals surface area contributed by atoms with E-state index in [4.69, 9.17) is 9.52 Å². The van der Waals surface area contributed by atoms with Gasteiger partial charge in [0.05, 0.1) is 5.56 Å². The summed E-state index contributed by atoms with van der Waals surface area (Å²) in [5.74, 6) is -1.22. The lowest BCUT2D eigenvalue weighted by atomic mass is 10.1. The minimum atomic E-state index is -1.00. The number of carboxylic acid groups (broad SMARTS) is 1. The summed E-state index contributed by atoms with van der Waals surface area (Å²) in [7, 11) is 0. The zero-order valence-electron chi connectivity index (χ0n) is 9.94. The molecule has 0 unspecified atom stereocenters. The van der Waals surface area contributed by atoms with Crippen molar-refractivity contribution in [3.8, 4) is 0 Å². The number of benzene rings is 1. The van der Waals surface area contributed by atoms with E-state index in [1.165, 1.54) is 12.1 Å². The third-order valence-corrected chi connectivity index (χ3v) is 2.94. The van der Waals surface area contributed by atoms with Crippen molar-refractivity contribution in [2.75, 3.05) is 5.32 Å². The Labute approximate surface area is 117 Å². The van der Waals surface area contributed by atoms with E-state index < -0.39 is 11.9 Å². The average Bonchev–Trinajstić information content (AvgIpc) is 2.78. The maximum atomic E-state index is 11.9. The normalized spacial score (nSPS) is 10.2. The third-order valence-electron chi connectivity index (χ3n) is 2.52. The molecule has 2 N–H and O–H groups in total. The Morgan fingerprint density at radius 2 is 2.00 bits per heavy atom. The van der Waals surface area contributed by atoms with Crippen LogP contribution in [0.1, 0.15) is 26.5 Å². The Kier molecular flexibility index (Phi) is 3.71. The Balaban J connectivity index is 2.20. The van der Waals surface area contributed by atoms with Crippen LogP contribution in [0.5, 0.6) is 0 Å². The van der Waals surface area contributed by atoms with Crippen molar-refractivity contribution in [3.63, 3.8) is 0 Å². The molecule has 19 heavy (non-hydrogen) atoms. The molecule has 0 bridgehead atoms. The molecule has 0 saturated carbocycles. The molecule has 2 aromatic rings. The maximum Gasteiger partial charge on any atom is 0.335 e. The van der Waals surface area contributed by atoms with Crippen molar-refractivity contribution in [2.45, 2.75) is 6.92 Å². The van der Waals surface area contributed by atoms with Gasteiger partial charge in [0.2, 0.25) is 0 Å². The van der Waals surface area contributed by atoms with Crippen LogP contribution in [-0.2, 0) is 0 Å². The number of carbonyl (C=O) groups is 2. The Hall–Kier alpha value is -2.08. The van der Waals surface area contributed by atoms with Gasteiger partial charge in [-0.2, -0.15) is 0 Å². The van der Waals surface area contributed by atoms with Crippen molar-refractivity contribution in [2.24, 2.45) is 0 Å². The largest absolute Gasteiger partial charge is 0.478 e. The van der Waals surface area contributed by atoms with Gasteiger partial charge in [-0.15, -0.1) is 0 Å². The molecule has 0 aliphatic carbocycles. The van der Waals surface area contributed by atoms with E-state index in [0.717, 1.165) is 0 Å². The molecule has 6 heteroatoms. The fourth-order valence-electron chi connectivity index (χ4n) is 1.56. The summed E-state index contributed by atoms with van der Waals surface area (Å²) in [6, 6.07) is 7.64. The number of amides is 1. The summed E-state index contributed by atoms with van der Waals surface area (Å²) in [6.07, 6.45) is 0. The number of carboxylic acids is 1. The molecular weight excluding hydrogens is 314 g/mol. The van der Waals surface area contributed by atoms with E-state index in [9.17, 15) is 9.59 Å². The van der Waals surface area contributed by atoms with Crippen LogP contribution in [0.3, 0.4) is 0 Å². The summed E-state index contributed by atoms with van der Waals surface area (Å²) < 4.78 is 5.60. The Morgan fingerprint density at radius 3 is 2.53 bits per heavy atom. The second-order valence-corrected chi connectivity index (χ2v) is 4.67. The monoisotopic (exact) mass is 323 g/mol. The van der Waals surface area contributed by atoms with Crippen LogP contribution >= 0.6 is 15.9 Å². The van der Waals surface area contributed by atoms with Gasteiger partial charge in [-0.05, 0) is 58.7 Å². The van der Waals surface area contributed by atoms with Gasteiger partial charge in [-0.3, -0.25) is 4.79 Å². The molecule has 0 radical (unpaired) electrons. The molecule has 0 atom stereocenters. The quantitative estimate of drug-likeness (QED) is 0.908. The van der Waals surface area contributed by atoms with E-state index in [1.54, 1.807) is 25.1 Å². The van der Waals surface area contributed by atoms with Crippen molar-refractivity contribution in [1.29, 1.82) is 0 Å². The zero-order chi connectivity index (χ0) is 14.0. The van der Waals surface area contributed by atoms with Crippen molar-refractivity contribution in [3.05, 3.63) is 51.9 Å². The highest BCUT2D eigenvalue weighted by atomic mass is 79.9. The van der Waals surface area contributed by atoms with Crippen molar-refractivity contribution in [1.82, 2.24) is 0 Å². The molecule has 0 spiro atoms. The Bertz CT molecular complexity index is 648. The first-order valence-corrected chi connectivity index (χ1v) is 6.17. The number of aryl methyl sites for hydroxylation is 1. The molecule has 0 aliphatic rings. The number of anilines is 1. The average molecular weight is 324 g/mol. The molecule has 0 aliphatic heterocycles. The summed E-state index contributed by atoms with van der Waals surface area (Å²) >= 11 is 3.11. The highest BCUT2D eigenvalue weighted by Gasteiger charge is 2.12. The number of hydrogen-bond donors (Lipinski definition) is 2. The van der Waals surface area contributed by atoms with Gasteiger partial charge in [0.15, 0.2) is 10.4 Å². The van der Waals surface area contributed by atoms with Gasteiger partial charge in [-0.1, -0.05) is 0 Å². The van der Waals surface area contributed by atoms with Gasteiger partial charge in [-0.25, -0.2) is 4.79 Å². The first-order valence-electron chi connectivity index (χ1n) is 5.38. The van der Waals surface area contributed by atoms with Crippen LogP contribution in [-0.4, -0.2) is 17.0 Å². The van der Waals surface area contributed by atoms with E-state index in [2.05, 4.69) is 21.2 Å². The predicted molar refractivity (Wildman–Crippen MR) is 72.5 cm³/mol. The highest BCUT2D eigenvalue weighted by molar-refractivity contribution is 9.10. The first kappa shape index (κ1) is 13.4. The molecule has 1 heterocycles.